The first-order valence-electron chi connectivity index (χ1n) is 3.92. The second kappa shape index (κ2) is 6.02. The van der Waals surface area contributed by atoms with Crippen LogP contribution < -0.4 is 0 Å². The van der Waals surface area contributed by atoms with Crippen LogP contribution in [0.3, 0.4) is 0 Å². The largest absolute Gasteiger partial charge is 0.394 e. The highest BCUT2D eigenvalue weighted by atomic mass is 16.4. The summed E-state index contributed by atoms with van der Waals surface area (Å²) in [6.07, 6.45) is -9.21. The molecule has 7 nitrogen and oxygen atoms in total. The fraction of sp³-hybridized carbons (Fsp3) is 0.857. The molecule has 0 spiro atoms. The van der Waals surface area contributed by atoms with Gasteiger partial charge in [-0.25, -0.2) is 0 Å². The van der Waals surface area contributed by atoms with Gasteiger partial charge in [0.1, 0.15) is 30.5 Å². The Bertz CT molecular complexity index is 173. The Hall–Kier alpha value is -0.570. The van der Waals surface area contributed by atoms with Gasteiger partial charge in [0, 0.05) is 0 Å². The van der Waals surface area contributed by atoms with Crippen LogP contribution in [-0.2, 0) is 4.79 Å². The summed E-state index contributed by atoms with van der Waals surface area (Å²) in [6, 6.07) is 0. The maximum absolute atomic E-state index is 10.00. The van der Waals surface area contributed by atoms with E-state index in [2.05, 4.69) is 0 Å². The van der Waals surface area contributed by atoms with E-state index in [1.54, 1.807) is 0 Å². The highest BCUT2D eigenvalue weighted by Gasteiger charge is 2.33. The summed E-state index contributed by atoms with van der Waals surface area (Å²) >= 11 is 0. The molecule has 0 aromatic heterocycles. The number of aldehydes is 1. The average Bonchev–Trinajstić information content (AvgIpc) is 2.23. The SMILES string of the molecule is O=C[C@@H](O)[C@H](O)[C@@H](O)[C@H](O)C(O)CO. The molecule has 0 aliphatic heterocycles. The normalized spacial score (nSPS) is 22.1. The lowest BCUT2D eigenvalue weighted by Crippen LogP contribution is -2.50. The molecule has 0 amide bonds. The molecule has 0 bridgehead atoms. The van der Waals surface area contributed by atoms with Crippen LogP contribution in [0, 0.1) is 0 Å². The van der Waals surface area contributed by atoms with Crippen LogP contribution in [-0.4, -0.2) is 74.1 Å². The predicted octanol–water partition coefficient (Wildman–Crippen LogP) is -4.02. The van der Waals surface area contributed by atoms with Gasteiger partial charge < -0.3 is 35.4 Å². The molecule has 0 aromatic carbocycles. The molecular weight excluding hydrogens is 196 g/mol. The molecule has 84 valence electrons. The fourth-order valence-electron chi connectivity index (χ4n) is 0.820. The van der Waals surface area contributed by atoms with E-state index in [4.69, 9.17) is 30.6 Å². The monoisotopic (exact) mass is 210 g/mol. The van der Waals surface area contributed by atoms with Gasteiger partial charge in [0.15, 0.2) is 6.29 Å². The van der Waals surface area contributed by atoms with Crippen molar-refractivity contribution in [3.8, 4) is 0 Å². The van der Waals surface area contributed by atoms with Crippen molar-refractivity contribution in [3.05, 3.63) is 0 Å². The summed E-state index contributed by atoms with van der Waals surface area (Å²) in [5.41, 5.74) is 0. The Labute approximate surface area is 79.9 Å². The van der Waals surface area contributed by atoms with Crippen LogP contribution in [0.25, 0.3) is 0 Å². The minimum absolute atomic E-state index is 0.0219. The minimum Gasteiger partial charge on any atom is -0.394 e. The standard InChI is InChI=1S/C7H14O7/c8-1-3(10)5(12)7(14)6(13)4(11)2-9/h1,3-7,9-14H,2H2/t3-,4?,5+,6-,7-/m1/s1. The smallest absolute Gasteiger partial charge is 0.151 e. The Balaban J connectivity index is 4.29. The van der Waals surface area contributed by atoms with Crippen LogP contribution in [0.15, 0.2) is 0 Å². The zero-order chi connectivity index (χ0) is 11.3. The van der Waals surface area contributed by atoms with E-state index in [1.807, 2.05) is 0 Å². The number of aliphatic hydroxyl groups excluding tert-OH is 6. The van der Waals surface area contributed by atoms with E-state index in [0.717, 1.165) is 0 Å². The topological polar surface area (TPSA) is 138 Å². The molecular formula is C7H14O7. The van der Waals surface area contributed by atoms with Crippen molar-refractivity contribution < 1.29 is 35.4 Å². The molecule has 1 unspecified atom stereocenters. The zero-order valence-corrected chi connectivity index (χ0v) is 7.26. The first kappa shape index (κ1) is 13.4. The summed E-state index contributed by atoms with van der Waals surface area (Å²) in [7, 11) is 0. The Kier molecular flexibility index (Phi) is 5.77. The van der Waals surface area contributed by atoms with Gasteiger partial charge >= 0.3 is 0 Å². The number of rotatable bonds is 6. The van der Waals surface area contributed by atoms with Crippen molar-refractivity contribution in [3.63, 3.8) is 0 Å². The lowest BCUT2D eigenvalue weighted by Gasteiger charge is -2.26. The summed E-state index contributed by atoms with van der Waals surface area (Å²) in [5.74, 6) is 0. The molecule has 0 heterocycles. The molecule has 6 N–H and O–H groups in total. The van der Waals surface area contributed by atoms with Gasteiger partial charge in [-0.1, -0.05) is 0 Å². The number of carbonyl (C=O) groups excluding carboxylic acids is 1. The van der Waals surface area contributed by atoms with Crippen LogP contribution in [0.4, 0.5) is 0 Å². The number of hydrogen-bond donors (Lipinski definition) is 6. The van der Waals surface area contributed by atoms with E-state index in [-0.39, 0.29) is 6.29 Å². The van der Waals surface area contributed by atoms with Crippen LogP contribution in [0.2, 0.25) is 0 Å². The molecule has 0 fully saturated rings. The molecule has 7 heteroatoms. The summed E-state index contributed by atoms with van der Waals surface area (Å²) < 4.78 is 0. The van der Waals surface area contributed by atoms with Gasteiger partial charge in [-0.05, 0) is 0 Å². The number of aliphatic hydroxyl groups is 6. The van der Waals surface area contributed by atoms with Crippen molar-refractivity contribution in [1.29, 1.82) is 0 Å². The molecule has 0 aliphatic carbocycles. The van der Waals surface area contributed by atoms with Gasteiger partial charge in [0.2, 0.25) is 0 Å². The van der Waals surface area contributed by atoms with Gasteiger partial charge in [-0.3, -0.25) is 0 Å². The third-order valence-corrected chi connectivity index (χ3v) is 1.77. The average molecular weight is 210 g/mol. The molecule has 0 saturated carbocycles. The zero-order valence-electron chi connectivity index (χ0n) is 7.26. The molecule has 0 radical (unpaired) electrons. The second-order valence-electron chi connectivity index (χ2n) is 2.85. The quantitative estimate of drug-likeness (QED) is 0.245. The van der Waals surface area contributed by atoms with Crippen molar-refractivity contribution in [2.45, 2.75) is 30.5 Å². The lowest BCUT2D eigenvalue weighted by molar-refractivity contribution is -0.147. The predicted molar refractivity (Wildman–Crippen MR) is 43.2 cm³/mol. The maximum Gasteiger partial charge on any atom is 0.151 e. The number of hydrogen-bond acceptors (Lipinski definition) is 7. The fourth-order valence-corrected chi connectivity index (χ4v) is 0.820. The van der Waals surface area contributed by atoms with E-state index < -0.39 is 37.1 Å². The molecule has 5 atom stereocenters. The third-order valence-electron chi connectivity index (χ3n) is 1.77. The molecule has 0 saturated heterocycles. The van der Waals surface area contributed by atoms with Gasteiger partial charge in [-0.2, -0.15) is 0 Å². The van der Waals surface area contributed by atoms with Gasteiger partial charge in [0.25, 0.3) is 0 Å². The van der Waals surface area contributed by atoms with Crippen molar-refractivity contribution in [2.75, 3.05) is 6.61 Å². The van der Waals surface area contributed by atoms with Crippen LogP contribution >= 0.6 is 0 Å². The Morgan fingerprint density at radius 2 is 1.43 bits per heavy atom. The summed E-state index contributed by atoms with van der Waals surface area (Å²) in [5, 5.41) is 53.2. The van der Waals surface area contributed by atoms with Crippen LogP contribution in [0.5, 0.6) is 0 Å². The van der Waals surface area contributed by atoms with Gasteiger partial charge in [0.05, 0.1) is 6.61 Å². The van der Waals surface area contributed by atoms with Crippen LogP contribution in [0.1, 0.15) is 0 Å². The highest BCUT2D eigenvalue weighted by Crippen LogP contribution is 2.07. The molecule has 0 rings (SSSR count). The minimum atomic E-state index is -1.92. The summed E-state index contributed by atoms with van der Waals surface area (Å²) in [4.78, 5) is 10.00. The second-order valence-corrected chi connectivity index (χ2v) is 2.85. The third kappa shape index (κ3) is 3.29. The first-order chi connectivity index (χ1) is 6.45. The highest BCUT2D eigenvalue weighted by molar-refractivity contribution is 5.56. The molecule has 0 aromatic rings. The molecule has 14 heavy (non-hydrogen) atoms. The Morgan fingerprint density at radius 3 is 1.79 bits per heavy atom. The first-order valence-corrected chi connectivity index (χ1v) is 3.92. The van der Waals surface area contributed by atoms with E-state index in [1.165, 1.54) is 0 Å². The molecule has 0 aliphatic rings. The number of carbonyl (C=O) groups is 1. The van der Waals surface area contributed by atoms with E-state index >= 15 is 0 Å². The van der Waals surface area contributed by atoms with Crippen molar-refractivity contribution >= 4 is 6.29 Å². The van der Waals surface area contributed by atoms with Crippen molar-refractivity contribution in [1.82, 2.24) is 0 Å². The van der Waals surface area contributed by atoms with E-state index in [9.17, 15) is 4.79 Å². The maximum atomic E-state index is 10.00. The van der Waals surface area contributed by atoms with Crippen molar-refractivity contribution in [2.24, 2.45) is 0 Å². The van der Waals surface area contributed by atoms with Gasteiger partial charge in [-0.15, -0.1) is 0 Å². The van der Waals surface area contributed by atoms with E-state index in [0.29, 0.717) is 0 Å². The Morgan fingerprint density at radius 1 is 0.929 bits per heavy atom. The summed E-state index contributed by atoms with van der Waals surface area (Å²) in [6.45, 7) is -0.817. The lowest BCUT2D eigenvalue weighted by atomic mass is 10.0.